The lowest BCUT2D eigenvalue weighted by Gasteiger charge is -2.54. The van der Waals surface area contributed by atoms with Gasteiger partial charge in [-0.3, -0.25) is 24.5 Å². The first-order valence-electron chi connectivity index (χ1n) is 27.8. The molecule has 8 aliphatic rings. The summed E-state index contributed by atoms with van der Waals surface area (Å²) < 4.78 is 41.1. The van der Waals surface area contributed by atoms with Crippen LogP contribution in [0.3, 0.4) is 0 Å². The lowest BCUT2D eigenvalue weighted by Crippen LogP contribution is -2.73. The second kappa shape index (κ2) is 22.6. The molecule has 8 bridgehead atoms. The Morgan fingerprint density at radius 3 is 2.51 bits per heavy atom. The molecule has 3 aromatic heterocycles. The van der Waals surface area contributed by atoms with Crippen LogP contribution < -0.4 is 10.7 Å². The summed E-state index contributed by atoms with van der Waals surface area (Å²) in [7, 11) is 1.72. The third kappa shape index (κ3) is 10.9. The first-order chi connectivity index (χ1) is 36.8. The third-order valence-corrected chi connectivity index (χ3v) is 18.3. The average molecular weight is 1060 g/mol. The fraction of sp³-hybridized carbons (Fsp3) is 0.638. The van der Waals surface area contributed by atoms with E-state index in [-0.39, 0.29) is 66.4 Å². The summed E-state index contributed by atoms with van der Waals surface area (Å²) in [5, 5.41) is 20.9. The Bertz CT molecular complexity index is 2860. The zero-order valence-electron chi connectivity index (χ0n) is 45.3. The molecule has 5 saturated heterocycles. The van der Waals surface area contributed by atoms with Gasteiger partial charge in [0.1, 0.15) is 13.2 Å². The number of methoxy groups -OCH3 is 1. The molecule has 2 saturated carbocycles. The van der Waals surface area contributed by atoms with Crippen LogP contribution in [0.4, 0.5) is 0 Å². The van der Waals surface area contributed by atoms with E-state index in [0.717, 1.165) is 76.2 Å². The van der Waals surface area contributed by atoms with E-state index in [9.17, 15) is 9.90 Å². The molecule has 1 aromatic carbocycles. The first-order valence-corrected chi connectivity index (χ1v) is 28.7. The van der Waals surface area contributed by atoms with E-state index in [1.165, 1.54) is 11.3 Å². The number of fused-ring (bicyclic) bond motifs is 4. The molecule has 0 spiro atoms. The number of hydrogen-bond acceptors (Lipinski definition) is 14. The number of thiazole rings is 1. The summed E-state index contributed by atoms with van der Waals surface area (Å²) in [6.45, 7) is 20.5. The standard InChI is InChI=1S/C58H76N8O9S/c1-34(63-14-21-72-22-15-63)8-9-38-26-44(49(59-31-38)37(4)70-7)52-45-30-58(5,6)33-75-57(69)50-40-27-41(28-40)66(62-50)56(68)51(61-54(67)48-35(2)36(48)3)53(64-16-23-73-24-17-64)55-60-46(32-76-55)39-10-11-47(43(45)29-39)65(52)18-25-74-42-12-19-71-20-13-42/h10-11,26,29,31-32,34-37,40-42,48,50-51,57,62,69H,12-25,27-28,30,33H2,1-7H3/p+1/t34-,35-,36+,37+,40?,41?,48?,50+,51+,57?/m1/s1. The molecule has 2 amide bonds. The summed E-state index contributed by atoms with van der Waals surface area (Å²) in [5.41, 5.74) is 11.0. The molecule has 2 unspecified atom stereocenters. The molecule has 6 aliphatic heterocycles. The van der Waals surface area contributed by atoms with Crippen molar-refractivity contribution in [2.24, 2.45) is 29.1 Å². The van der Waals surface area contributed by atoms with E-state index in [1.54, 1.807) is 12.1 Å². The summed E-state index contributed by atoms with van der Waals surface area (Å²) >= 11 is 1.48. The quantitative estimate of drug-likeness (QED) is 0.136. The summed E-state index contributed by atoms with van der Waals surface area (Å²) in [6, 6.07) is 7.12. The molecule has 76 heavy (non-hydrogen) atoms. The second-order valence-corrected chi connectivity index (χ2v) is 23.9. The molecule has 408 valence electrons. The molecule has 8 atom stereocenters. The molecule has 17 nitrogen and oxygen atoms in total. The van der Waals surface area contributed by atoms with E-state index in [1.807, 2.05) is 13.1 Å². The van der Waals surface area contributed by atoms with Crippen molar-refractivity contribution in [1.82, 2.24) is 35.2 Å². The highest BCUT2D eigenvalue weighted by molar-refractivity contribution is 7.12. The zero-order valence-corrected chi connectivity index (χ0v) is 46.2. The average Bonchev–Trinajstić information content (AvgIpc) is 3.68. The van der Waals surface area contributed by atoms with Crippen LogP contribution in [0.2, 0.25) is 0 Å². The fourth-order valence-electron chi connectivity index (χ4n) is 12.4. The van der Waals surface area contributed by atoms with Crippen molar-refractivity contribution < 1.29 is 47.7 Å². The summed E-state index contributed by atoms with van der Waals surface area (Å²) in [6.07, 6.45) is 4.12. The van der Waals surface area contributed by atoms with Crippen molar-refractivity contribution >= 4 is 39.8 Å². The number of benzene rings is 1. The van der Waals surface area contributed by atoms with Gasteiger partial charge in [0.05, 0.1) is 67.8 Å². The van der Waals surface area contributed by atoms with Crippen LogP contribution in [0.5, 0.6) is 0 Å². The number of aliphatic hydroxyl groups is 1. The zero-order chi connectivity index (χ0) is 52.8. The van der Waals surface area contributed by atoms with E-state index in [4.69, 9.17) is 38.4 Å². The Labute approximate surface area is 451 Å². The SMILES string of the molecule is CO[C@@H](C)c1ncc(C#C[C@@H](C)N2CCOCC2)cc1-c1c2c3cc(ccc3n1CCOC1CCOCC1)-c1csc(n1)C(=[N+]1CCOCC1)[C@H](NC(=O)C1[C@@H](C)[C@H]1C)C(=O)N1N[C@@H](C3CC1C3)C(O)OCC(C)(C)C2. The Kier molecular flexibility index (Phi) is 15.9. The van der Waals surface area contributed by atoms with Crippen molar-refractivity contribution in [2.45, 2.75) is 123 Å². The summed E-state index contributed by atoms with van der Waals surface area (Å²) in [4.78, 5) is 42.6. The number of hydrogen-bond donors (Lipinski definition) is 3. The fourth-order valence-corrected chi connectivity index (χ4v) is 13.3. The highest BCUT2D eigenvalue weighted by Gasteiger charge is 2.54. The van der Waals surface area contributed by atoms with Gasteiger partial charge in [-0.05, 0) is 92.9 Å². The molecule has 2 aliphatic carbocycles. The minimum atomic E-state index is -1.21. The number of ether oxygens (including phenoxy) is 6. The molecule has 18 heteroatoms. The number of pyridine rings is 1. The van der Waals surface area contributed by atoms with Gasteiger partial charge in [0.15, 0.2) is 30.4 Å². The maximum Gasteiger partial charge on any atom is 0.270 e. The predicted molar refractivity (Wildman–Crippen MR) is 289 cm³/mol. The van der Waals surface area contributed by atoms with Crippen molar-refractivity contribution in [3.8, 4) is 34.4 Å². The van der Waals surface area contributed by atoms with Crippen LogP contribution in [-0.4, -0.2) is 174 Å². The van der Waals surface area contributed by atoms with Crippen LogP contribution in [-0.2, 0) is 51.0 Å². The van der Waals surface area contributed by atoms with Gasteiger partial charge in [0, 0.05) is 91.1 Å². The van der Waals surface area contributed by atoms with Crippen molar-refractivity contribution in [3.63, 3.8) is 0 Å². The van der Waals surface area contributed by atoms with Gasteiger partial charge in [-0.1, -0.05) is 45.6 Å². The van der Waals surface area contributed by atoms with Crippen molar-refractivity contribution in [3.05, 3.63) is 57.7 Å². The number of rotatable bonds is 10. The Hall–Kier alpha value is -4.65. The van der Waals surface area contributed by atoms with Gasteiger partial charge in [0.2, 0.25) is 11.6 Å². The number of nitrogens with one attached hydrogen (secondary N) is 2. The van der Waals surface area contributed by atoms with Crippen LogP contribution in [0.1, 0.15) is 95.2 Å². The monoisotopic (exact) mass is 1060 g/mol. The smallest absolute Gasteiger partial charge is 0.270 e. The van der Waals surface area contributed by atoms with E-state index in [2.05, 4.69) is 101 Å². The Balaban J connectivity index is 1.08. The maximum atomic E-state index is 15.4. The lowest BCUT2D eigenvalue weighted by atomic mass is 9.72. The first kappa shape index (κ1) is 53.4. The van der Waals surface area contributed by atoms with E-state index >= 15 is 4.79 Å². The highest BCUT2D eigenvalue weighted by Crippen LogP contribution is 2.47. The third-order valence-electron chi connectivity index (χ3n) is 17.4. The van der Waals surface area contributed by atoms with Crippen LogP contribution in [0.25, 0.3) is 33.4 Å². The largest absolute Gasteiger partial charge is 0.381 e. The van der Waals surface area contributed by atoms with Gasteiger partial charge >= 0.3 is 0 Å². The number of carbonyl (C=O) groups excluding carboxylic acids is 2. The van der Waals surface area contributed by atoms with Gasteiger partial charge in [-0.15, -0.1) is 11.3 Å². The van der Waals surface area contributed by atoms with Crippen molar-refractivity contribution in [1.29, 1.82) is 0 Å². The molecule has 7 fully saturated rings. The number of aromatic nitrogens is 3. The molecule has 4 aromatic rings. The van der Waals surface area contributed by atoms with Crippen LogP contribution >= 0.6 is 11.3 Å². The topological polar surface area (TPSA) is 174 Å². The minimum absolute atomic E-state index is 0.0322. The maximum absolute atomic E-state index is 15.4. The number of carbonyl (C=O) groups is 2. The summed E-state index contributed by atoms with van der Waals surface area (Å²) in [5.74, 6) is 6.97. The number of morpholine rings is 2. The molecular weight excluding hydrogens is 985 g/mol. The predicted octanol–water partition coefficient (Wildman–Crippen LogP) is 5.43. The second-order valence-electron chi connectivity index (χ2n) is 23.0. The van der Waals surface area contributed by atoms with Gasteiger partial charge in [-0.2, -0.15) is 0 Å². The van der Waals surface area contributed by atoms with E-state index < -0.39 is 23.8 Å². The molecule has 3 N–H and O–H groups in total. The van der Waals surface area contributed by atoms with Gasteiger partial charge < -0.3 is 43.4 Å². The molecule has 9 heterocycles. The number of amides is 2. The molecule has 12 rings (SSSR count). The minimum Gasteiger partial charge on any atom is -0.381 e. The number of aliphatic hydroxyl groups excluding tert-OH is 1. The van der Waals surface area contributed by atoms with E-state index in [0.29, 0.717) is 95.9 Å². The van der Waals surface area contributed by atoms with Gasteiger partial charge in [-0.25, -0.2) is 15.0 Å². The van der Waals surface area contributed by atoms with Gasteiger partial charge in [0.25, 0.3) is 5.91 Å². The number of nitrogens with zero attached hydrogens (tertiary/aromatic N) is 6. The highest BCUT2D eigenvalue weighted by atomic mass is 32.1. The number of hydrazine groups is 1. The lowest BCUT2D eigenvalue weighted by molar-refractivity contribution is -0.550. The normalized spacial score (nSPS) is 29.0. The molecular formula is C58H77N8O9S+. The van der Waals surface area contributed by atoms with Crippen LogP contribution in [0.15, 0.2) is 35.8 Å². The Morgan fingerprint density at radius 1 is 1.04 bits per heavy atom. The van der Waals surface area contributed by atoms with Crippen LogP contribution in [0, 0.1) is 40.9 Å². The molecule has 0 radical (unpaired) electrons. The van der Waals surface area contributed by atoms with Crippen molar-refractivity contribution in [2.75, 3.05) is 86.1 Å². The Morgan fingerprint density at radius 2 is 1.78 bits per heavy atom.